The van der Waals surface area contributed by atoms with E-state index in [1.165, 1.54) is 35.0 Å². The third-order valence-electron chi connectivity index (χ3n) is 5.00. The van der Waals surface area contributed by atoms with Crippen LogP contribution in [-0.2, 0) is 0 Å². The van der Waals surface area contributed by atoms with Crippen molar-refractivity contribution in [1.82, 2.24) is 20.0 Å². The lowest BCUT2D eigenvalue weighted by atomic mass is 10.1. The van der Waals surface area contributed by atoms with E-state index in [1.54, 1.807) is 6.20 Å². The lowest BCUT2D eigenvalue weighted by Crippen LogP contribution is -1.95. The van der Waals surface area contributed by atoms with Gasteiger partial charge in [0.1, 0.15) is 11.5 Å². The molecule has 0 fully saturated rings. The monoisotopic (exact) mass is 429 g/mol. The summed E-state index contributed by atoms with van der Waals surface area (Å²) in [5, 5.41) is 21.7. The smallest absolute Gasteiger partial charge is 0.166 e. The van der Waals surface area contributed by atoms with Gasteiger partial charge in [-0.25, -0.2) is 18.4 Å². The van der Waals surface area contributed by atoms with Crippen LogP contribution in [0.5, 0.6) is 5.75 Å². The molecular formula is C24H17F2N5O. The summed E-state index contributed by atoms with van der Waals surface area (Å²) in [5.74, 6) is -1.47. The number of hydrogen-bond acceptors (Lipinski definition) is 5. The lowest BCUT2D eigenvalue weighted by molar-refractivity contribution is 0.432. The summed E-state index contributed by atoms with van der Waals surface area (Å²) in [5.41, 5.74) is 4.55. The molecule has 5 aromatic rings. The van der Waals surface area contributed by atoms with Crippen LogP contribution in [0.4, 0.5) is 20.2 Å². The Morgan fingerprint density at radius 1 is 0.938 bits per heavy atom. The van der Waals surface area contributed by atoms with Crippen LogP contribution in [0.25, 0.3) is 28.0 Å². The molecule has 6 nitrogen and oxygen atoms in total. The summed E-state index contributed by atoms with van der Waals surface area (Å²) in [6.07, 6.45) is 1.64. The Kier molecular flexibility index (Phi) is 4.74. The van der Waals surface area contributed by atoms with Crippen LogP contribution >= 0.6 is 0 Å². The van der Waals surface area contributed by atoms with E-state index in [1.807, 2.05) is 43.3 Å². The standard InChI is InChI=1S/C24H17F2N5O/c1-14-9-15(25)11-16(10-14)27-20-3-2-4-21-18(20)6-7-22(28-21)23-13-31(30-29-23)17-5-8-24(32)19(26)12-17/h2-13,27,32H,1H3. The van der Waals surface area contributed by atoms with Crippen molar-refractivity contribution in [3.8, 4) is 22.8 Å². The Bertz CT molecular complexity index is 1440. The minimum atomic E-state index is -0.739. The number of fused-ring (bicyclic) bond motifs is 1. The third kappa shape index (κ3) is 3.74. The molecule has 32 heavy (non-hydrogen) atoms. The molecule has 2 N–H and O–H groups in total. The minimum absolute atomic E-state index is 0.301. The molecule has 5 rings (SSSR count). The van der Waals surface area contributed by atoms with Gasteiger partial charge in [0.05, 0.1) is 23.1 Å². The van der Waals surface area contributed by atoms with Crippen molar-refractivity contribution in [3.63, 3.8) is 0 Å². The molecule has 0 saturated heterocycles. The molecular weight excluding hydrogens is 412 g/mol. The Hall–Kier alpha value is -4.33. The van der Waals surface area contributed by atoms with E-state index in [4.69, 9.17) is 0 Å². The lowest BCUT2D eigenvalue weighted by Gasteiger charge is -2.11. The summed E-state index contributed by atoms with van der Waals surface area (Å²) in [6, 6.07) is 18.1. The molecule has 0 radical (unpaired) electrons. The summed E-state index contributed by atoms with van der Waals surface area (Å²) in [7, 11) is 0. The van der Waals surface area contributed by atoms with Gasteiger partial charge >= 0.3 is 0 Å². The first kappa shape index (κ1) is 19.6. The predicted molar refractivity (Wildman–Crippen MR) is 118 cm³/mol. The van der Waals surface area contributed by atoms with Crippen LogP contribution in [0.2, 0.25) is 0 Å². The van der Waals surface area contributed by atoms with Gasteiger partial charge < -0.3 is 10.4 Å². The van der Waals surface area contributed by atoms with Crippen LogP contribution in [0.1, 0.15) is 5.56 Å². The number of aryl methyl sites for hydroxylation is 1. The van der Waals surface area contributed by atoms with Crippen molar-refractivity contribution in [2.24, 2.45) is 0 Å². The van der Waals surface area contributed by atoms with E-state index in [9.17, 15) is 13.9 Å². The zero-order valence-electron chi connectivity index (χ0n) is 16.9. The van der Waals surface area contributed by atoms with Crippen molar-refractivity contribution in [1.29, 1.82) is 0 Å². The topological polar surface area (TPSA) is 75.9 Å². The Labute approximate surface area is 181 Å². The molecule has 0 atom stereocenters. The van der Waals surface area contributed by atoms with Gasteiger partial charge in [0.2, 0.25) is 0 Å². The highest BCUT2D eigenvalue weighted by Crippen LogP contribution is 2.29. The average molecular weight is 429 g/mol. The number of halogens is 2. The van der Waals surface area contributed by atoms with E-state index < -0.39 is 11.6 Å². The fourth-order valence-electron chi connectivity index (χ4n) is 3.52. The molecule has 0 aliphatic rings. The number of phenolic OH excluding ortho intramolecular Hbond substituents is 1. The Balaban J connectivity index is 1.48. The van der Waals surface area contributed by atoms with Gasteiger partial charge in [0, 0.05) is 22.8 Å². The summed E-state index contributed by atoms with van der Waals surface area (Å²) in [6.45, 7) is 1.84. The van der Waals surface area contributed by atoms with Gasteiger partial charge in [0.25, 0.3) is 0 Å². The fraction of sp³-hybridized carbons (Fsp3) is 0.0417. The molecule has 0 aliphatic heterocycles. The maximum Gasteiger partial charge on any atom is 0.166 e. The molecule has 0 aliphatic carbocycles. The van der Waals surface area contributed by atoms with Crippen LogP contribution in [-0.4, -0.2) is 25.1 Å². The number of anilines is 2. The van der Waals surface area contributed by atoms with Gasteiger partial charge in [-0.2, -0.15) is 0 Å². The summed E-state index contributed by atoms with van der Waals surface area (Å²) >= 11 is 0. The highest BCUT2D eigenvalue weighted by molar-refractivity contribution is 5.94. The number of phenols is 1. The molecule has 0 spiro atoms. The predicted octanol–water partition coefficient (Wildman–Crippen LogP) is 5.52. The maximum atomic E-state index is 13.8. The van der Waals surface area contributed by atoms with Crippen LogP contribution in [0.15, 0.2) is 72.9 Å². The molecule has 0 saturated carbocycles. The Morgan fingerprint density at radius 3 is 2.62 bits per heavy atom. The second-order valence-corrected chi connectivity index (χ2v) is 7.40. The molecule has 0 unspecified atom stereocenters. The van der Waals surface area contributed by atoms with Crippen molar-refractivity contribution in [2.75, 3.05) is 5.32 Å². The highest BCUT2D eigenvalue weighted by Gasteiger charge is 2.11. The number of pyridine rings is 1. The highest BCUT2D eigenvalue weighted by atomic mass is 19.1. The summed E-state index contributed by atoms with van der Waals surface area (Å²) < 4.78 is 28.8. The molecule has 0 amide bonds. The van der Waals surface area contributed by atoms with Crippen molar-refractivity contribution in [3.05, 3.63) is 90.1 Å². The maximum absolute atomic E-state index is 13.8. The van der Waals surface area contributed by atoms with Gasteiger partial charge in [-0.1, -0.05) is 11.3 Å². The Morgan fingerprint density at radius 2 is 1.81 bits per heavy atom. The van der Waals surface area contributed by atoms with E-state index in [2.05, 4.69) is 20.6 Å². The quantitative estimate of drug-likeness (QED) is 0.394. The molecule has 158 valence electrons. The molecule has 2 heterocycles. The number of rotatable bonds is 4. The van der Waals surface area contributed by atoms with Crippen molar-refractivity contribution < 1.29 is 13.9 Å². The molecule has 8 heteroatoms. The van der Waals surface area contributed by atoms with Crippen molar-refractivity contribution >= 4 is 22.3 Å². The molecule has 0 bridgehead atoms. The largest absolute Gasteiger partial charge is 0.505 e. The van der Waals surface area contributed by atoms with E-state index in [0.717, 1.165) is 22.2 Å². The SMILES string of the molecule is Cc1cc(F)cc(Nc2cccc3nc(-c4cn(-c5ccc(O)c(F)c5)nn4)ccc23)c1. The van der Waals surface area contributed by atoms with E-state index in [0.29, 0.717) is 22.8 Å². The van der Waals surface area contributed by atoms with E-state index >= 15 is 0 Å². The van der Waals surface area contributed by atoms with Gasteiger partial charge in [-0.3, -0.25) is 0 Å². The van der Waals surface area contributed by atoms with E-state index in [-0.39, 0.29) is 5.82 Å². The average Bonchev–Trinajstić information content (AvgIpc) is 3.25. The number of nitrogens with one attached hydrogen (secondary N) is 1. The summed E-state index contributed by atoms with van der Waals surface area (Å²) in [4.78, 5) is 4.68. The third-order valence-corrected chi connectivity index (χ3v) is 5.00. The first-order valence-electron chi connectivity index (χ1n) is 9.82. The normalized spacial score (nSPS) is 11.1. The zero-order chi connectivity index (χ0) is 22.2. The first-order valence-corrected chi connectivity index (χ1v) is 9.82. The van der Waals surface area contributed by atoms with Crippen LogP contribution in [0.3, 0.4) is 0 Å². The van der Waals surface area contributed by atoms with Gasteiger partial charge in [0.15, 0.2) is 11.6 Å². The number of hydrogen-bond donors (Lipinski definition) is 2. The first-order chi connectivity index (χ1) is 15.5. The van der Waals surface area contributed by atoms with Gasteiger partial charge in [-0.15, -0.1) is 5.10 Å². The van der Waals surface area contributed by atoms with Crippen molar-refractivity contribution in [2.45, 2.75) is 6.92 Å². The zero-order valence-corrected chi connectivity index (χ0v) is 16.9. The van der Waals surface area contributed by atoms with Crippen LogP contribution in [0, 0.1) is 18.6 Å². The molecule has 3 aromatic carbocycles. The number of benzene rings is 3. The number of aromatic nitrogens is 4. The fourth-order valence-corrected chi connectivity index (χ4v) is 3.52. The minimum Gasteiger partial charge on any atom is -0.505 e. The number of aromatic hydroxyl groups is 1. The molecule has 2 aromatic heterocycles. The van der Waals surface area contributed by atoms with Crippen LogP contribution < -0.4 is 5.32 Å². The second kappa shape index (κ2) is 7.73. The second-order valence-electron chi connectivity index (χ2n) is 7.40. The van der Waals surface area contributed by atoms with Gasteiger partial charge in [-0.05, 0) is 67.1 Å². The number of nitrogens with zero attached hydrogens (tertiary/aromatic N) is 4.